The fourth-order valence-electron chi connectivity index (χ4n) is 1.91. The minimum Gasteiger partial charge on any atom is -0.481 e. The van der Waals surface area contributed by atoms with Gasteiger partial charge >= 0.3 is 11.9 Å². The Hall–Kier alpha value is -1.17. The van der Waals surface area contributed by atoms with Crippen molar-refractivity contribution in [3.63, 3.8) is 0 Å². The molecule has 0 saturated heterocycles. The second kappa shape index (κ2) is 4.84. The third-order valence-electron chi connectivity index (χ3n) is 3.07. The van der Waals surface area contributed by atoms with Gasteiger partial charge in [-0.15, -0.1) is 0 Å². The number of hydrogen-bond donors (Lipinski definition) is 2. The summed E-state index contributed by atoms with van der Waals surface area (Å²) in [4.78, 5) is 22.9. The Labute approximate surface area is 105 Å². The second-order valence-electron chi connectivity index (χ2n) is 5.76. The molecule has 0 heterocycles. The average Bonchev–Trinajstić information content (AvgIpc) is 2.10. The molecule has 0 aromatic heterocycles. The summed E-state index contributed by atoms with van der Waals surface area (Å²) in [5, 5.41) is 9.05. The monoisotopic (exact) mass is 261 g/mol. The van der Waals surface area contributed by atoms with Gasteiger partial charge in [-0.05, 0) is 40.0 Å². The zero-order chi connectivity index (χ0) is 14.1. The molecule has 18 heavy (non-hydrogen) atoms. The van der Waals surface area contributed by atoms with E-state index in [0.717, 1.165) is 0 Å². The van der Waals surface area contributed by atoms with Crippen molar-refractivity contribution in [1.29, 1.82) is 0 Å². The van der Waals surface area contributed by atoms with Gasteiger partial charge in [0, 0.05) is 0 Å². The SMILES string of the molecule is CC(C)(C)OC(=O)C(C(=O)O)C(N)C1(F)CCC1. The van der Waals surface area contributed by atoms with Gasteiger partial charge in [-0.25, -0.2) is 4.39 Å². The van der Waals surface area contributed by atoms with E-state index in [9.17, 15) is 14.0 Å². The molecule has 2 atom stereocenters. The number of carboxylic acids is 1. The molecule has 1 saturated carbocycles. The average molecular weight is 261 g/mol. The van der Waals surface area contributed by atoms with Gasteiger partial charge in [0.25, 0.3) is 0 Å². The van der Waals surface area contributed by atoms with Gasteiger partial charge in [0.15, 0.2) is 5.92 Å². The first-order chi connectivity index (χ1) is 8.07. The van der Waals surface area contributed by atoms with Crippen molar-refractivity contribution in [3.8, 4) is 0 Å². The molecule has 2 unspecified atom stereocenters. The number of carboxylic acid groups (broad SMARTS) is 1. The molecule has 0 bridgehead atoms. The van der Waals surface area contributed by atoms with Crippen LogP contribution in [0, 0.1) is 5.92 Å². The lowest BCUT2D eigenvalue weighted by Gasteiger charge is -2.40. The lowest BCUT2D eigenvalue weighted by Crippen LogP contribution is -2.58. The summed E-state index contributed by atoms with van der Waals surface area (Å²) < 4.78 is 19.1. The van der Waals surface area contributed by atoms with E-state index in [1.54, 1.807) is 20.8 Å². The van der Waals surface area contributed by atoms with Crippen LogP contribution in [0.2, 0.25) is 0 Å². The molecule has 0 aliphatic heterocycles. The lowest BCUT2D eigenvalue weighted by atomic mass is 9.72. The first kappa shape index (κ1) is 14.9. The Morgan fingerprint density at radius 2 is 1.89 bits per heavy atom. The zero-order valence-corrected chi connectivity index (χ0v) is 10.9. The molecule has 1 aliphatic carbocycles. The van der Waals surface area contributed by atoms with E-state index in [0.29, 0.717) is 6.42 Å². The van der Waals surface area contributed by atoms with Crippen molar-refractivity contribution in [2.75, 3.05) is 0 Å². The van der Waals surface area contributed by atoms with Gasteiger partial charge in [0.05, 0.1) is 6.04 Å². The number of carbonyl (C=O) groups excluding carboxylic acids is 1. The highest BCUT2D eigenvalue weighted by Gasteiger charge is 2.51. The third kappa shape index (κ3) is 3.19. The molecule has 1 aliphatic rings. The van der Waals surface area contributed by atoms with E-state index < -0.39 is 35.2 Å². The number of halogens is 1. The number of rotatable bonds is 4. The van der Waals surface area contributed by atoms with Crippen LogP contribution in [0.15, 0.2) is 0 Å². The maximum atomic E-state index is 14.1. The van der Waals surface area contributed by atoms with Gasteiger partial charge < -0.3 is 15.6 Å². The van der Waals surface area contributed by atoms with Crippen LogP contribution in [0.3, 0.4) is 0 Å². The zero-order valence-electron chi connectivity index (χ0n) is 10.9. The van der Waals surface area contributed by atoms with E-state index in [1.807, 2.05) is 0 Å². The maximum Gasteiger partial charge on any atom is 0.322 e. The van der Waals surface area contributed by atoms with Crippen molar-refractivity contribution in [1.82, 2.24) is 0 Å². The van der Waals surface area contributed by atoms with Gasteiger partial charge in [0.2, 0.25) is 0 Å². The summed E-state index contributed by atoms with van der Waals surface area (Å²) in [7, 11) is 0. The van der Waals surface area contributed by atoms with Crippen LogP contribution in [-0.4, -0.2) is 34.4 Å². The first-order valence-corrected chi connectivity index (χ1v) is 5.97. The van der Waals surface area contributed by atoms with Crippen molar-refractivity contribution in [2.24, 2.45) is 11.7 Å². The van der Waals surface area contributed by atoms with Crippen molar-refractivity contribution in [3.05, 3.63) is 0 Å². The minimum atomic E-state index is -1.76. The second-order valence-corrected chi connectivity index (χ2v) is 5.76. The highest BCUT2D eigenvalue weighted by atomic mass is 19.1. The molecule has 0 aromatic carbocycles. The van der Waals surface area contributed by atoms with E-state index in [-0.39, 0.29) is 12.8 Å². The van der Waals surface area contributed by atoms with Crippen LogP contribution in [0.4, 0.5) is 4.39 Å². The number of aliphatic carboxylic acids is 1. The standard InChI is InChI=1S/C12H20FNO4/c1-11(2,3)18-10(17)7(9(15)16)8(14)12(13)5-4-6-12/h7-8H,4-6,14H2,1-3H3,(H,15,16). The Kier molecular flexibility index (Phi) is 4.00. The van der Waals surface area contributed by atoms with Gasteiger partial charge in [-0.1, -0.05) is 0 Å². The van der Waals surface area contributed by atoms with Crippen molar-refractivity contribution >= 4 is 11.9 Å². The molecular formula is C12H20FNO4. The predicted molar refractivity (Wildman–Crippen MR) is 62.6 cm³/mol. The molecule has 0 radical (unpaired) electrons. The molecule has 0 aromatic rings. The van der Waals surface area contributed by atoms with Gasteiger partial charge in [-0.2, -0.15) is 0 Å². The van der Waals surface area contributed by atoms with E-state index in [4.69, 9.17) is 15.6 Å². The summed E-state index contributed by atoms with van der Waals surface area (Å²) in [5.74, 6) is -4.08. The fourth-order valence-corrected chi connectivity index (χ4v) is 1.91. The van der Waals surface area contributed by atoms with Crippen LogP contribution in [-0.2, 0) is 14.3 Å². The summed E-state index contributed by atoms with van der Waals surface area (Å²) >= 11 is 0. The summed E-state index contributed by atoms with van der Waals surface area (Å²) in [5.41, 5.74) is 3.03. The molecule has 0 spiro atoms. The molecule has 6 heteroatoms. The number of esters is 1. The Morgan fingerprint density at radius 3 is 2.17 bits per heavy atom. The number of carbonyl (C=O) groups is 2. The van der Waals surface area contributed by atoms with E-state index >= 15 is 0 Å². The minimum absolute atomic E-state index is 0.195. The van der Waals surface area contributed by atoms with Crippen LogP contribution < -0.4 is 5.73 Å². The van der Waals surface area contributed by atoms with Crippen LogP contribution in [0.5, 0.6) is 0 Å². The topological polar surface area (TPSA) is 89.6 Å². The summed E-state index contributed by atoms with van der Waals surface area (Å²) in [6, 6.07) is -1.36. The highest BCUT2D eigenvalue weighted by molar-refractivity contribution is 5.95. The number of alkyl halides is 1. The smallest absolute Gasteiger partial charge is 0.322 e. The Balaban J connectivity index is 2.83. The quantitative estimate of drug-likeness (QED) is 0.587. The van der Waals surface area contributed by atoms with Gasteiger partial charge in [-0.3, -0.25) is 9.59 Å². The van der Waals surface area contributed by atoms with E-state index in [1.165, 1.54) is 0 Å². The molecule has 0 amide bonds. The lowest BCUT2D eigenvalue weighted by molar-refractivity contribution is -0.171. The van der Waals surface area contributed by atoms with Crippen molar-refractivity contribution in [2.45, 2.75) is 57.3 Å². The normalized spacial score (nSPS) is 21.6. The molecule has 1 fully saturated rings. The molecular weight excluding hydrogens is 241 g/mol. The first-order valence-electron chi connectivity index (χ1n) is 5.97. The highest BCUT2D eigenvalue weighted by Crippen LogP contribution is 2.40. The third-order valence-corrected chi connectivity index (χ3v) is 3.07. The molecule has 3 N–H and O–H groups in total. The maximum absolute atomic E-state index is 14.1. The van der Waals surface area contributed by atoms with Crippen LogP contribution in [0.1, 0.15) is 40.0 Å². The fraction of sp³-hybridized carbons (Fsp3) is 0.833. The van der Waals surface area contributed by atoms with Crippen LogP contribution in [0.25, 0.3) is 0 Å². The number of hydrogen-bond acceptors (Lipinski definition) is 4. The Bertz CT molecular complexity index is 346. The summed E-state index contributed by atoms with van der Waals surface area (Å²) in [6.07, 6.45) is 1.05. The number of nitrogens with two attached hydrogens (primary N) is 1. The molecule has 5 nitrogen and oxygen atoms in total. The summed E-state index contributed by atoms with van der Waals surface area (Å²) in [6.45, 7) is 4.84. The van der Waals surface area contributed by atoms with E-state index in [2.05, 4.69) is 0 Å². The van der Waals surface area contributed by atoms with Gasteiger partial charge in [0.1, 0.15) is 11.3 Å². The van der Waals surface area contributed by atoms with Crippen LogP contribution >= 0.6 is 0 Å². The van der Waals surface area contributed by atoms with Crippen molar-refractivity contribution < 1.29 is 23.8 Å². The molecule has 104 valence electrons. The number of ether oxygens (including phenoxy) is 1. The predicted octanol–water partition coefficient (Wildman–Crippen LogP) is 1.25. The largest absolute Gasteiger partial charge is 0.481 e. The Morgan fingerprint density at radius 1 is 1.39 bits per heavy atom. The molecule has 1 rings (SSSR count).